The van der Waals surface area contributed by atoms with Crippen LogP contribution in [-0.4, -0.2) is 0 Å². The quantitative estimate of drug-likeness (QED) is 0.178. The Morgan fingerprint density at radius 1 is 0.404 bits per heavy atom. The van der Waals surface area contributed by atoms with Crippen LogP contribution in [0.2, 0.25) is 0 Å². The van der Waals surface area contributed by atoms with Crippen LogP contribution in [0.1, 0.15) is 0 Å². The van der Waals surface area contributed by atoms with E-state index >= 15 is 0 Å². The van der Waals surface area contributed by atoms with E-state index in [2.05, 4.69) is 169 Å². The molecule has 0 amide bonds. The minimum Gasteiger partial charge on any atom is -0.455 e. The summed E-state index contributed by atoms with van der Waals surface area (Å²) >= 11 is 3.73. The lowest BCUT2D eigenvalue weighted by Crippen LogP contribution is -2.10. The number of rotatable bonds is 5. The van der Waals surface area contributed by atoms with E-state index in [1.807, 2.05) is 34.8 Å². The van der Waals surface area contributed by atoms with Crippen molar-refractivity contribution in [1.82, 2.24) is 0 Å². The topological polar surface area (TPSA) is 16.4 Å². The van der Waals surface area contributed by atoms with Gasteiger partial charge < -0.3 is 9.32 Å². The average Bonchev–Trinajstić information content (AvgIpc) is 3.90. The first-order chi connectivity index (χ1) is 25.8. The van der Waals surface area contributed by atoms with Crippen LogP contribution in [0.5, 0.6) is 0 Å². The van der Waals surface area contributed by atoms with Crippen LogP contribution in [0.3, 0.4) is 0 Å². The Balaban J connectivity index is 1.10. The average molecular weight is 700 g/mol. The third kappa shape index (κ3) is 4.55. The molecule has 0 atom stereocenters. The maximum atomic E-state index is 6.50. The van der Waals surface area contributed by atoms with E-state index in [0.29, 0.717) is 0 Å². The zero-order valence-electron chi connectivity index (χ0n) is 27.9. The number of para-hydroxylation sites is 2. The van der Waals surface area contributed by atoms with Crippen molar-refractivity contribution in [2.24, 2.45) is 0 Å². The molecule has 0 saturated carbocycles. The minimum atomic E-state index is 0.908. The highest BCUT2D eigenvalue weighted by molar-refractivity contribution is 7.26. The van der Waals surface area contributed by atoms with E-state index < -0.39 is 0 Å². The largest absolute Gasteiger partial charge is 0.455 e. The summed E-state index contributed by atoms with van der Waals surface area (Å²) < 4.78 is 11.7. The number of anilines is 3. The second-order valence-corrected chi connectivity index (χ2v) is 15.4. The number of benzene rings is 8. The van der Waals surface area contributed by atoms with Gasteiger partial charge in [0.15, 0.2) is 0 Å². The Morgan fingerprint density at radius 3 is 1.92 bits per heavy atom. The molecule has 3 heterocycles. The van der Waals surface area contributed by atoms with Gasteiger partial charge in [0.25, 0.3) is 0 Å². The SMILES string of the molecule is c1cc(-c2cccc3c2oc2ccccc23)cc(N(c2ccc(-c3cccc4c3sc3ccccc34)cc2)c2cccc3sc4ccccc4c23)c1. The lowest BCUT2D eigenvalue weighted by Gasteiger charge is -2.27. The number of hydrogen-bond donors (Lipinski definition) is 0. The van der Waals surface area contributed by atoms with Crippen molar-refractivity contribution in [3.05, 3.63) is 176 Å². The number of furan rings is 1. The summed E-state index contributed by atoms with van der Waals surface area (Å²) in [4.78, 5) is 2.42. The summed E-state index contributed by atoms with van der Waals surface area (Å²) in [6.45, 7) is 0. The van der Waals surface area contributed by atoms with Crippen molar-refractivity contribution >= 4 is 102 Å². The third-order valence-electron chi connectivity index (χ3n) is 10.3. The highest BCUT2D eigenvalue weighted by atomic mass is 32.1. The third-order valence-corrected chi connectivity index (χ3v) is 12.6. The van der Waals surface area contributed by atoms with Gasteiger partial charge in [0, 0.05) is 68.1 Å². The van der Waals surface area contributed by atoms with Crippen molar-refractivity contribution in [3.8, 4) is 22.3 Å². The molecule has 0 aliphatic heterocycles. The van der Waals surface area contributed by atoms with E-state index in [9.17, 15) is 0 Å². The Kier molecular flexibility index (Phi) is 6.63. The molecule has 0 fully saturated rings. The van der Waals surface area contributed by atoms with Gasteiger partial charge in [-0.25, -0.2) is 0 Å². The second kappa shape index (κ2) is 11.7. The van der Waals surface area contributed by atoms with Crippen molar-refractivity contribution in [2.45, 2.75) is 0 Å². The molecule has 4 heteroatoms. The van der Waals surface area contributed by atoms with Crippen molar-refractivity contribution in [1.29, 1.82) is 0 Å². The van der Waals surface area contributed by atoms with Crippen LogP contribution in [0.4, 0.5) is 17.1 Å². The molecule has 2 nitrogen and oxygen atoms in total. The Hall–Kier alpha value is -6.20. The van der Waals surface area contributed by atoms with Crippen molar-refractivity contribution in [2.75, 3.05) is 4.90 Å². The highest BCUT2D eigenvalue weighted by Crippen LogP contribution is 2.47. The van der Waals surface area contributed by atoms with Gasteiger partial charge >= 0.3 is 0 Å². The molecule has 0 aliphatic rings. The van der Waals surface area contributed by atoms with E-state index in [1.54, 1.807) is 0 Å². The predicted molar refractivity (Wildman–Crippen MR) is 225 cm³/mol. The van der Waals surface area contributed by atoms with E-state index in [1.165, 1.54) is 51.5 Å². The number of hydrogen-bond acceptors (Lipinski definition) is 4. The molecule has 11 aromatic rings. The molecule has 8 aromatic carbocycles. The molecule has 0 unspecified atom stereocenters. The molecule has 3 aromatic heterocycles. The van der Waals surface area contributed by atoms with Gasteiger partial charge in [-0.05, 0) is 71.3 Å². The molecular formula is C48H29NOS2. The van der Waals surface area contributed by atoms with Gasteiger partial charge in [0.05, 0.1) is 5.69 Å². The number of thiophene rings is 2. The maximum absolute atomic E-state index is 6.50. The van der Waals surface area contributed by atoms with E-state index in [4.69, 9.17) is 4.42 Å². The van der Waals surface area contributed by atoms with Gasteiger partial charge in [-0.1, -0.05) is 121 Å². The standard InChI is InChI=1S/C48H29NOS2/c1-4-21-42-36(13-1)38-18-8-16-34(47(38)50-42)31-11-7-12-33(29-31)49(41-20-10-24-45-46(41)40-15-3-6-23-44(40)51-45)32-27-25-30(26-28-32)35-17-9-19-39-37-14-2-5-22-43(37)52-48(35)39/h1-29H. The van der Waals surface area contributed by atoms with Crippen LogP contribution < -0.4 is 4.90 Å². The van der Waals surface area contributed by atoms with Crippen LogP contribution in [0.25, 0.3) is 84.5 Å². The smallest absolute Gasteiger partial charge is 0.143 e. The van der Waals surface area contributed by atoms with E-state index in [0.717, 1.165) is 50.1 Å². The maximum Gasteiger partial charge on any atom is 0.143 e. The van der Waals surface area contributed by atoms with Gasteiger partial charge in [0.1, 0.15) is 11.2 Å². The van der Waals surface area contributed by atoms with Crippen LogP contribution >= 0.6 is 22.7 Å². The van der Waals surface area contributed by atoms with Gasteiger partial charge in [-0.3, -0.25) is 0 Å². The molecule has 0 bridgehead atoms. The number of fused-ring (bicyclic) bond motifs is 9. The predicted octanol–water partition coefficient (Wildman–Crippen LogP) is 15.1. The first-order valence-corrected chi connectivity index (χ1v) is 19.1. The molecule has 0 saturated heterocycles. The summed E-state index contributed by atoms with van der Waals surface area (Å²) in [7, 11) is 0. The van der Waals surface area contributed by atoms with Crippen LogP contribution in [-0.2, 0) is 0 Å². The molecule has 52 heavy (non-hydrogen) atoms. The summed E-state index contributed by atoms with van der Waals surface area (Å²) in [6.07, 6.45) is 0. The fourth-order valence-corrected chi connectivity index (χ4v) is 10.3. The van der Waals surface area contributed by atoms with E-state index in [-0.39, 0.29) is 0 Å². The molecular weight excluding hydrogens is 671 g/mol. The normalized spacial score (nSPS) is 11.8. The summed E-state index contributed by atoms with van der Waals surface area (Å²) in [5.74, 6) is 0. The monoisotopic (exact) mass is 699 g/mol. The molecule has 0 aliphatic carbocycles. The second-order valence-electron chi connectivity index (χ2n) is 13.2. The molecule has 244 valence electrons. The number of nitrogens with zero attached hydrogens (tertiary/aromatic N) is 1. The van der Waals surface area contributed by atoms with Crippen molar-refractivity contribution in [3.63, 3.8) is 0 Å². The lowest BCUT2D eigenvalue weighted by molar-refractivity contribution is 0.670. The Labute approximate surface area is 308 Å². The van der Waals surface area contributed by atoms with Gasteiger partial charge in [0.2, 0.25) is 0 Å². The zero-order valence-corrected chi connectivity index (χ0v) is 29.5. The minimum absolute atomic E-state index is 0.908. The van der Waals surface area contributed by atoms with Gasteiger partial charge in [-0.15, -0.1) is 22.7 Å². The molecule has 0 spiro atoms. The highest BCUT2D eigenvalue weighted by Gasteiger charge is 2.20. The first-order valence-electron chi connectivity index (χ1n) is 17.5. The fraction of sp³-hybridized carbons (Fsp3) is 0. The summed E-state index contributed by atoms with van der Waals surface area (Å²) in [6, 6.07) is 63.7. The fourth-order valence-electron chi connectivity index (χ4n) is 7.92. The van der Waals surface area contributed by atoms with Crippen LogP contribution in [0.15, 0.2) is 180 Å². The van der Waals surface area contributed by atoms with Crippen LogP contribution in [0, 0.1) is 0 Å². The van der Waals surface area contributed by atoms with Crippen molar-refractivity contribution < 1.29 is 4.42 Å². The zero-order chi connectivity index (χ0) is 34.2. The summed E-state index contributed by atoms with van der Waals surface area (Å²) in [5, 5.41) is 7.46. The Morgan fingerprint density at radius 2 is 1.06 bits per heavy atom. The molecule has 0 N–H and O–H groups in total. The summed E-state index contributed by atoms with van der Waals surface area (Å²) in [5.41, 5.74) is 9.86. The lowest BCUT2D eigenvalue weighted by atomic mass is 10.00. The molecule has 0 radical (unpaired) electrons. The molecule has 11 rings (SSSR count). The Bertz CT molecular complexity index is 3150. The first kappa shape index (κ1) is 29.5. The van der Waals surface area contributed by atoms with Gasteiger partial charge in [-0.2, -0.15) is 0 Å².